The third-order valence-corrected chi connectivity index (χ3v) is 2.15. The van der Waals surface area contributed by atoms with Crippen LogP contribution < -0.4 is 11.2 Å². The number of aromatic amines is 1. The number of H-pyrrole nitrogens is 1. The number of hydrogen-bond acceptors (Lipinski definition) is 2. The standard InChI is InChI=1S/C11H10N2O2/c1-8-2-4-9(5-3-8)13-10(14)6-7-12-11(13)15/h2-7H,1H3,(H,12,15). The Balaban J connectivity index is 2.69. The summed E-state index contributed by atoms with van der Waals surface area (Å²) in [5.74, 6) is 0. The van der Waals surface area contributed by atoms with Crippen LogP contribution in [0.3, 0.4) is 0 Å². The van der Waals surface area contributed by atoms with Crippen LogP contribution in [0.2, 0.25) is 0 Å². The lowest BCUT2D eigenvalue weighted by Gasteiger charge is -2.03. The summed E-state index contributed by atoms with van der Waals surface area (Å²) in [5.41, 5.74) is 0.903. The van der Waals surface area contributed by atoms with Gasteiger partial charge in [-0.2, -0.15) is 0 Å². The average molecular weight is 202 g/mol. The minimum absolute atomic E-state index is 0.331. The Kier molecular flexibility index (Phi) is 2.25. The van der Waals surface area contributed by atoms with Crippen molar-refractivity contribution in [3.8, 4) is 5.69 Å². The second-order valence-corrected chi connectivity index (χ2v) is 3.29. The molecule has 0 saturated carbocycles. The second-order valence-electron chi connectivity index (χ2n) is 3.29. The van der Waals surface area contributed by atoms with Gasteiger partial charge < -0.3 is 4.98 Å². The molecule has 0 atom stereocenters. The van der Waals surface area contributed by atoms with Crippen LogP contribution in [0.5, 0.6) is 0 Å². The molecule has 0 aliphatic heterocycles. The van der Waals surface area contributed by atoms with Gasteiger partial charge in [0.1, 0.15) is 0 Å². The maximum atomic E-state index is 11.5. The third-order valence-electron chi connectivity index (χ3n) is 2.15. The van der Waals surface area contributed by atoms with Crippen LogP contribution in [0, 0.1) is 6.92 Å². The summed E-state index contributed by atoms with van der Waals surface area (Å²) in [6.45, 7) is 1.95. The van der Waals surface area contributed by atoms with E-state index < -0.39 is 5.69 Å². The number of rotatable bonds is 1. The van der Waals surface area contributed by atoms with Crippen molar-refractivity contribution in [1.29, 1.82) is 0 Å². The van der Waals surface area contributed by atoms with E-state index in [0.717, 1.165) is 10.1 Å². The Morgan fingerprint density at radius 1 is 1.07 bits per heavy atom. The van der Waals surface area contributed by atoms with Gasteiger partial charge in [0.05, 0.1) is 5.69 Å². The molecule has 2 aromatic rings. The molecule has 0 aliphatic carbocycles. The van der Waals surface area contributed by atoms with Crippen molar-refractivity contribution in [3.63, 3.8) is 0 Å². The molecule has 0 bridgehead atoms. The van der Waals surface area contributed by atoms with E-state index in [1.165, 1.54) is 12.3 Å². The van der Waals surface area contributed by atoms with Gasteiger partial charge >= 0.3 is 5.69 Å². The molecule has 0 aliphatic rings. The van der Waals surface area contributed by atoms with Crippen molar-refractivity contribution in [3.05, 3.63) is 62.9 Å². The van der Waals surface area contributed by atoms with Gasteiger partial charge in [0.2, 0.25) is 0 Å². The van der Waals surface area contributed by atoms with E-state index in [4.69, 9.17) is 0 Å². The molecule has 1 N–H and O–H groups in total. The lowest BCUT2D eigenvalue weighted by Crippen LogP contribution is -2.32. The van der Waals surface area contributed by atoms with E-state index in [1.54, 1.807) is 12.1 Å². The first-order valence-electron chi connectivity index (χ1n) is 4.56. The maximum absolute atomic E-state index is 11.5. The summed E-state index contributed by atoms with van der Waals surface area (Å²) >= 11 is 0. The molecule has 1 aromatic carbocycles. The zero-order valence-electron chi connectivity index (χ0n) is 8.23. The van der Waals surface area contributed by atoms with Crippen LogP contribution in [-0.2, 0) is 0 Å². The Morgan fingerprint density at radius 3 is 2.33 bits per heavy atom. The molecule has 4 nitrogen and oxygen atoms in total. The quantitative estimate of drug-likeness (QED) is 0.744. The van der Waals surface area contributed by atoms with Gasteiger partial charge in [-0.1, -0.05) is 17.7 Å². The van der Waals surface area contributed by atoms with Crippen molar-refractivity contribution >= 4 is 0 Å². The zero-order chi connectivity index (χ0) is 10.8. The van der Waals surface area contributed by atoms with Crippen molar-refractivity contribution in [1.82, 2.24) is 9.55 Å². The molecule has 0 spiro atoms. The Morgan fingerprint density at radius 2 is 1.73 bits per heavy atom. The fourth-order valence-corrected chi connectivity index (χ4v) is 1.36. The van der Waals surface area contributed by atoms with Gasteiger partial charge in [0.15, 0.2) is 0 Å². The molecule has 0 unspecified atom stereocenters. The van der Waals surface area contributed by atoms with Crippen LogP contribution in [0.1, 0.15) is 5.56 Å². The minimum Gasteiger partial charge on any atom is -0.314 e. The average Bonchev–Trinajstić information content (AvgIpc) is 2.20. The van der Waals surface area contributed by atoms with E-state index in [0.29, 0.717) is 5.69 Å². The second kappa shape index (κ2) is 3.57. The Hall–Kier alpha value is -2.10. The summed E-state index contributed by atoms with van der Waals surface area (Å²) in [7, 11) is 0. The maximum Gasteiger partial charge on any atom is 0.332 e. The number of hydrogen-bond donors (Lipinski definition) is 1. The van der Waals surface area contributed by atoms with Crippen LogP contribution in [0.15, 0.2) is 46.1 Å². The molecule has 4 heteroatoms. The largest absolute Gasteiger partial charge is 0.332 e. The topological polar surface area (TPSA) is 54.9 Å². The molecular weight excluding hydrogens is 192 g/mol. The molecule has 15 heavy (non-hydrogen) atoms. The van der Waals surface area contributed by atoms with Crippen molar-refractivity contribution in [2.45, 2.75) is 6.92 Å². The first-order valence-corrected chi connectivity index (χ1v) is 4.56. The van der Waals surface area contributed by atoms with E-state index in [1.807, 2.05) is 19.1 Å². The van der Waals surface area contributed by atoms with Gasteiger partial charge in [0.25, 0.3) is 5.56 Å². The first-order chi connectivity index (χ1) is 7.18. The highest BCUT2D eigenvalue weighted by Gasteiger charge is 2.01. The summed E-state index contributed by atoms with van der Waals surface area (Å²) in [4.78, 5) is 25.4. The van der Waals surface area contributed by atoms with E-state index in [9.17, 15) is 9.59 Å². The minimum atomic E-state index is -0.425. The van der Waals surface area contributed by atoms with Crippen molar-refractivity contribution < 1.29 is 0 Å². The fourth-order valence-electron chi connectivity index (χ4n) is 1.36. The predicted molar refractivity (Wildman–Crippen MR) is 57.4 cm³/mol. The summed E-state index contributed by atoms with van der Waals surface area (Å²) in [6, 6.07) is 8.52. The van der Waals surface area contributed by atoms with Gasteiger partial charge in [-0.25, -0.2) is 9.36 Å². The molecule has 76 valence electrons. The van der Waals surface area contributed by atoms with Gasteiger partial charge in [-0.15, -0.1) is 0 Å². The van der Waals surface area contributed by atoms with Crippen LogP contribution >= 0.6 is 0 Å². The van der Waals surface area contributed by atoms with Gasteiger partial charge in [0, 0.05) is 12.3 Å². The molecule has 0 fully saturated rings. The van der Waals surface area contributed by atoms with Crippen molar-refractivity contribution in [2.75, 3.05) is 0 Å². The summed E-state index contributed by atoms with van der Waals surface area (Å²) in [5, 5.41) is 0. The summed E-state index contributed by atoms with van der Waals surface area (Å²) < 4.78 is 1.10. The SMILES string of the molecule is Cc1ccc(-n2c(=O)cc[nH]c2=O)cc1. The molecular formula is C11H10N2O2. The van der Waals surface area contributed by atoms with Crippen molar-refractivity contribution in [2.24, 2.45) is 0 Å². The first kappa shape index (κ1) is 9.45. The highest BCUT2D eigenvalue weighted by atomic mass is 16.2. The predicted octanol–water partition coefficient (Wildman–Crippen LogP) is 0.834. The number of benzene rings is 1. The number of aromatic nitrogens is 2. The lowest BCUT2D eigenvalue weighted by atomic mass is 10.2. The number of nitrogens with one attached hydrogen (secondary N) is 1. The van der Waals surface area contributed by atoms with E-state index in [2.05, 4.69) is 4.98 Å². The van der Waals surface area contributed by atoms with Crippen LogP contribution in [0.25, 0.3) is 5.69 Å². The monoisotopic (exact) mass is 202 g/mol. The molecule has 2 rings (SSSR count). The van der Waals surface area contributed by atoms with Crippen LogP contribution in [-0.4, -0.2) is 9.55 Å². The van der Waals surface area contributed by atoms with E-state index in [-0.39, 0.29) is 5.56 Å². The van der Waals surface area contributed by atoms with Gasteiger partial charge in [-0.3, -0.25) is 4.79 Å². The highest BCUT2D eigenvalue weighted by molar-refractivity contribution is 5.33. The zero-order valence-corrected chi connectivity index (χ0v) is 8.23. The Bertz CT molecular complexity index is 550. The molecule has 1 aromatic heterocycles. The molecule has 0 saturated heterocycles. The molecule has 0 radical (unpaired) electrons. The smallest absolute Gasteiger partial charge is 0.314 e. The highest BCUT2D eigenvalue weighted by Crippen LogP contribution is 2.04. The van der Waals surface area contributed by atoms with Gasteiger partial charge in [-0.05, 0) is 19.1 Å². The molecule has 1 heterocycles. The van der Waals surface area contributed by atoms with E-state index >= 15 is 0 Å². The normalized spacial score (nSPS) is 10.2. The lowest BCUT2D eigenvalue weighted by molar-refractivity contribution is 0.875. The Labute approximate surface area is 85.8 Å². The summed E-state index contributed by atoms with van der Waals surface area (Å²) in [6.07, 6.45) is 1.34. The third kappa shape index (κ3) is 1.74. The van der Waals surface area contributed by atoms with Crippen LogP contribution in [0.4, 0.5) is 0 Å². The molecule has 0 amide bonds. The number of aryl methyl sites for hydroxylation is 1. The number of nitrogens with zero attached hydrogens (tertiary/aromatic N) is 1. The fraction of sp³-hybridized carbons (Fsp3) is 0.0909.